The maximum atomic E-state index is 13.2. The van der Waals surface area contributed by atoms with E-state index in [9.17, 15) is 8.42 Å². The smallest absolute Gasteiger partial charge is 0.151 e. The van der Waals surface area contributed by atoms with Gasteiger partial charge in [0.1, 0.15) is 11.5 Å². The van der Waals surface area contributed by atoms with E-state index in [1.54, 1.807) is 0 Å². The molecule has 0 spiro atoms. The number of rotatable bonds is 15. The van der Waals surface area contributed by atoms with Crippen molar-refractivity contribution in [3.05, 3.63) is 59.7 Å². The van der Waals surface area contributed by atoms with Gasteiger partial charge in [-0.05, 0) is 84.7 Å². The Morgan fingerprint density at radius 3 is 1.86 bits per heavy atom. The van der Waals surface area contributed by atoms with Gasteiger partial charge >= 0.3 is 0 Å². The van der Waals surface area contributed by atoms with Crippen LogP contribution >= 0.6 is 0 Å². The van der Waals surface area contributed by atoms with Crippen LogP contribution in [-0.4, -0.2) is 46.4 Å². The van der Waals surface area contributed by atoms with E-state index < -0.39 is 9.84 Å². The monoisotopic (exact) mass is 514 g/mol. The fourth-order valence-corrected chi connectivity index (χ4v) is 5.74. The second-order valence-corrected chi connectivity index (χ2v) is 14.0. The van der Waals surface area contributed by atoms with Crippen LogP contribution in [0.15, 0.2) is 48.5 Å². The van der Waals surface area contributed by atoms with E-state index in [0.717, 1.165) is 35.8 Å². The Labute approximate surface area is 217 Å². The fourth-order valence-electron chi connectivity index (χ4n) is 4.12. The van der Waals surface area contributed by atoms with Crippen molar-refractivity contribution in [2.45, 2.75) is 58.8 Å². The summed E-state index contributed by atoms with van der Waals surface area (Å²) in [4.78, 5) is 0. The average Bonchev–Trinajstić information content (AvgIpc) is 3.74. The third-order valence-electron chi connectivity index (χ3n) is 6.59. The summed E-state index contributed by atoms with van der Waals surface area (Å²) in [6, 6.07) is 15.9. The van der Waals surface area contributed by atoms with E-state index in [2.05, 4.69) is 20.8 Å². The molecule has 2 saturated carbocycles. The van der Waals surface area contributed by atoms with Crippen molar-refractivity contribution in [3.8, 4) is 11.5 Å². The maximum Gasteiger partial charge on any atom is 0.151 e. The Morgan fingerprint density at radius 2 is 1.39 bits per heavy atom. The van der Waals surface area contributed by atoms with Crippen LogP contribution in [0.1, 0.15) is 69.9 Å². The zero-order valence-corrected chi connectivity index (χ0v) is 22.9. The summed E-state index contributed by atoms with van der Waals surface area (Å²) in [6.45, 7) is 8.86. The zero-order chi connectivity index (χ0) is 25.6. The second-order valence-electron chi connectivity index (χ2n) is 11.8. The molecule has 2 aliphatic rings. The minimum Gasteiger partial charge on any atom is -0.493 e. The number of ether oxygens (including phenoxy) is 3. The van der Waals surface area contributed by atoms with Crippen LogP contribution in [0.4, 0.5) is 0 Å². The van der Waals surface area contributed by atoms with E-state index in [-0.39, 0.29) is 22.8 Å². The van der Waals surface area contributed by atoms with E-state index in [0.29, 0.717) is 31.5 Å². The number of sulfone groups is 1. The van der Waals surface area contributed by atoms with Crippen molar-refractivity contribution in [3.63, 3.8) is 0 Å². The van der Waals surface area contributed by atoms with Gasteiger partial charge in [0, 0.05) is 12.5 Å². The molecule has 2 aromatic carbocycles. The van der Waals surface area contributed by atoms with E-state index in [1.807, 2.05) is 48.5 Å². The molecule has 5 nitrogen and oxygen atoms in total. The molecule has 0 saturated heterocycles. The van der Waals surface area contributed by atoms with Crippen molar-refractivity contribution in [2.24, 2.45) is 17.3 Å². The highest BCUT2D eigenvalue weighted by molar-refractivity contribution is 7.91. The Balaban J connectivity index is 1.47. The minimum absolute atomic E-state index is 0.0461. The van der Waals surface area contributed by atoms with Gasteiger partial charge in [0.05, 0.1) is 31.3 Å². The van der Waals surface area contributed by atoms with Crippen LogP contribution in [0.3, 0.4) is 0 Å². The van der Waals surface area contributed by atoms with Crippen LogP contribution in [0, 0.1) is 17.3 Å². The van der Waals surface area contributed by atoms with E-state index >= 15 is 0 Å². The van der Waals surface area contributed by atoms with E-state index in [1.165, 1.54) is 25.7 Å². The van der Waals surface area contributed by atoms with Gasteiger partial charge in [0.2, 0.25) is 0 Å². The Morgan fingerprint density at radius 1 is 0.861 bits per heavy atom. The van der Waals surface area contributed by atoms with Crippen molar-refractivity contribution >= 4 is 9.84 Å². The molecule has 36 heavy (non-hydrogen) atoms. The van der Waals surface area contributed by atoms with E-state index in [4.69, 9.17) is 14.2 Å². The van der Waals surface area contributed by atoms with Gasteiger partial charge in [0.25, 0.3) is 0 Å². The molecule has 2 aliphatic carbocycles. The molecule has 2 fully saturated rings. The average molecular weight is 515 g/mol. The van der Waals surface area contributed by atoms with Gasteiger partial charge in [-0.2, -0.15) is 0 Å². The van der Waals surface area contributed by atoms with Crippen molar-refractivity contribution in [1.29, 1.82) is 0 Å². The van der Waals surface area contributed by atoms with Crippen molar-refractivity contribution in [1.82, 2.24) is 0 Å². The normalized spacial score (nSPS) is 16.3. The molecule has 0 aliphatic heterocycles. The molecule has 0 heterocycles. The lowest BCUT2D eigenvalue weighted by Crippen LogP contribution is -2.21. The molecule has 0 aromatic heterocycles. The Hall–Kier alpha value is -2.05. The SMILES string of the molecule is CC(C)(C)COCCCS(=O)(=O)CC(c1cccc(OCC2CC2)c1)c1cccc(OCC2CC2)c1. The fraction of sp³-hybridized carbons (Fsp3) is 0.600. The van der Waals surface area contributed by atoms with Gasteiger partial charge in [0.15, 0.2) is 9.84 Å². The summed E-state index contributed by atoms with van der Waals surface area (Å²) in [6.07, 6.45) is 5.42. The predicted molar refractivity (Wildman–Crippen MR) is 145 cm³/mol. The predicted octanol–water partition coefficient (Wildman–Crippen LogP) is 6.26. The molecule has 198 valence electrons. The number of hydrogen-bond acceptors (Lipinski definition) is 5. The molecule has 4 rings (SSSR count). The van der Waals surface area contributed by atoms with Crippen molar-refractivity contribution < 1.29 is 22.6 Å². The Bertz CT molecular complexity index is 1020. The van der Waals surface area contributed by atoms with Gasteiger partial charge in [-0.15, -0.1) is 0 Å². The third kappa shape index (κ3) is 9.44. The highest BCUT2D eigenvalue weighted by atomic mass is 32.2. The summed E-state index contributed by atoms with van der Waals surface area (Å²) >= 11 is 0. The van der Waals surface area contributed by atoms with Crippen LogP contribution < -0.4 is 9.47 Å². The second kappa shape index (κ2) is 12.0. The lowest BCUT2D eigenvalue weighted by Gasteiger charge is -2.21. The summed E-state index contributed by atoms with van der Waals surface area (Å²) in [7, 11) is -3.31. The maximum absolute atomic E-state index is 13.2. The molecule has 6 heteroatoms. The lowest BCUT2D eigenvalue weighted by molar-refractivity contribution is 0.0720. The third-order valence-corrected chi connectivity index (χ3v) is 8.34. The van der Waals surface area contributed by atoms with Crippen molar-refractivity contribution in [2.75, 3.05) is 37.9 Å². The first-order valence-electron chi connectivity index (χ1n) is 13.4. The van der Waals surface area contributed by atoms with Gasteiger partial charge < -0.3 is 14.2 Å². The topological polar surface area (TPSA) is 61.8 Å². The molecule has 0 amide bonds. The molecule has 0 radical (unpaired) electrons. The summed E-state index contributed by atoms with van der Waals surface area (Å²) < 4.78 is 44.2. The molecule has 0 bridgehead atoms. The first-order chi connectivity index (χ1) is 17.2. The molecule has 0 unspecified atom stereocenters. The summed E-state index contributed by atoms with van der Waals surface area (Å²) in [5.41, 5.74) is 1.98. The van der Waals surface area contributed by atoms with Crippen LogP contribution in [-0.2, 0) is 14.6 Å². The largest absolute Gasteiger partial charge is 0.493 e. The van der Waals surface area contributed by atoms with Gasteiger partial charge in [-0.1, -0.05) is 45.0 Å². The molecule has 0 N–H and O–H groups in total. The number of benzene rings is 2. The van der Waals surface area contributed by atoms with Crippen LogP contribution in [0.25, 0.3) is 0 Å². The minimum atomic E-state index is -3.31. The Kier molecular flexibility index (Phi) is 9.00. The lowest BCUT2D eigenvalue weighted by atomic mass is 9.92. The first kappa shape index (κ1) is 27.0. The zero-order valence-electron chi connectivity index (χ0n) is 22.1. The molecular weight excluding hydrogens is 472 g/mol. The van der Waals surface area contributed by atoms with Crippen LogP contribution in [0.5, 0.6) is 11.5 Å². The quantitative estimate of drug-likeness (QED) is 0.262. The molecular formula is C30H42O5S. The van der Waals surface area contributed by atoms with Gasteiger partial charge in [-0.25, -0.2) is 8.42 Å². The standard InChI is InChI=1S/C30H42O5S/c1-30(2,3)22-33-15-6-16-36(31,32)21-29(25-7-4-9-27(17-25)34-19-23-11-12-23)26-8-5-10-28(18-26)35-20-24-13-14-24/h4-5,7-10,17-18,23-24,29H,6,11-16,19-22H2,1-3H3. The van der Waals surface area contributed by atoms with Crippen LogP contribution in [0.2, 0.25) is 0 Å². The first-order valence-corrected chi connectivity index (χ1v) is 15.2. The molecule has 2 aromatic rings. The highest BCUT2D eigenvalue weighted by Crippen LogP contribution is 2.34. The number of hydrogen-bond donors (Lipinski definition) is 0. The highest BCUT2D eigenvalue weighted by Gasteiger charge is 2.26. The summed E-state index contributed by atoms with van der Waals surface area (Å²) in [5.74, 6) is 2.79. The summed E-state index contributed by atoms with van der Waals surface area (Å²) in [5, 5.41) is 0. The van der Waals surface area contributed by atoms with Gasteiger partial charge in [-0.3, -0.25) is 0 Å². The molecule has 0 atom stereocenters.